The number of rotatable bonds is 7. The summed E-state index contributed by atoms with van der Waals surface area (Å²) in [6.07, 6.45) is 1.37. The molecule has 0 spiro atoms. The van der Waals surface area contributed by atoms with Crippen molar-refractivity contribution in [3.8, 4) is 0 Å². The molecular formula is C17H16N4O4. The van der Waals surface area contributed by atoms with Gasteiger partial charge in [0.15, 0.2) is 0 Å². The van der Waals surface area contributed by atoms with Crippen LogP contribution in [0.5, 0.6) is 0 Å². The number of amides is 2. The monoisotopic (exact) mass is 340 g/mol. The summed E-state index contributed by atoms with van der Waals surface area (Å²) in [7, 11) is 0. The number of carbonyl (C=O) groups excluding carboxylic acids is 2. The molecule has 0 aliphatic rings. The van der Waals surface area contributed by atoms with Crippen LogP contribution in [-0.4, -0.2) is 29.5 Å². The third kappa shape index (κ3) is 5.87. The maximum Gasteiger partial charge on any atom is 0.270 e. The van der Waals surface area contributed by atoms with E-state index in [1.807, 2.05) is 6.07 Å². The maximum atomic E-state index is 11.8. The minimum Gasteiger partial charge on any atom is -0.352 e. The van der Waals surface area contributed by atoms with Crippen molar-refractivity contribution in [1.82, 2.24) is 10.7 Å². The molecular weight excluding hydrogens is 324 g/mol. The van der Waals surface area contributed by atoms with Gasteiger partial charge in [-0.15, -0.1) is 0 Å². The molecule has 2 N–H and O–H groups in total. The van der Waals surface area contributed by atoms with Gasteiger partial charge in [-0.2, -0.15) is 5.10 Å². The van der Waals surface area contributed by atoms with Gasteiger partial charge in [0, 0.05) is 36.2 Å². The molecule has 0 saturated carbocycles. The largest absolute Gasteiger partial charge is 0.352 e. The van der Waals surface area contributed by atoms with Gasteiger partial charge >= 0.3 is 0 Å². The second kappa shape index (κ2) is 8.92. The summed E-state index contributed by atoms with van der Waals surface area (Å²) in [5.41, 5.74) is 3.26. The number of non-ortho nitro benzene ring substituents is 1. The molecule has 2 aromatic carbocycles. The molecule has 128 valence electrons. The van der Waals surface area contributed by atoms with Gasteiger partial charge in [-0.25, -0.2) is 5.43 Å². The molecule has 0 saturated heterocycles. The van der Waals surface area contributed by atoms with Crippen LogP contribution >= 0.6 is 0 Å². The molecule has 2 amide bonds. The van der Waals surface area contributed by atoms with E-state index in [2.05, 4.69) is 15.8 Å². The van der Waals surface area contributed by atoms with Gasteiger partial charge in [-0.05, 0) is 12.1 Å². The van der Waals surface area contributed by atoms with Crippen LogP contribution in [0.3, 0.4) is 0 Å². The highest BCUT2D eigenvalue weighted by molar-refractivity contribution is 5.94. The molecule has 0 fully saturated rings. The molecule has 8 heteroatoms. The van der Waals surface area contributed by atoms with Crippen LogP contribution in [0, 0.1) is 10.1 Å². The van der Waals surface area contributed by atoms with Crippen molar-refractivity contribution in [2.45, 2.75) is 6.42 Å². The smallest absolute Gasteiger partial charge is 0.270 e. The van der Waals surface area contributed by atoms with E-state index >= 15 is 0 Å². The predicted octanol–water partition coefficient (Wildman–Crippen LogP) is 1.86. The van der Waals surface area contributed by atoms with Crippen molar-refractivity contribution in [3.05, 3.63) is 75.8 Å². The molecule has 0 aliphatic carbocycles. The zero-order valence-electron chi connectivity index (χ0n) is 13.2. The number of hydrazone groups is 1. The van der Waals surface area contributed by atoms with Crippen LogP contribution in [-0.2, 0) is 4.79 Å². The molecule has 0 aromatic heterocycles. The average Bonchev–Trinajstić information content (AvgIpc) is 2.62. The fraction of sp³-hybridized carbons (Fsp3) is 0.118. The number of hydrogen-bond acceptors (Lipinski definition) is 5. The summed E-state index contributed by atoms with van der Waals surface area (Å²) < 4.78 is 0. The van der Waals surface area contributed by atoms with Crippen molar-refractivity contribution in [2.75, 3.05) is 6.54 Å². The molecule has 0 atom stereocenters. The van der Waals surface area contributed by atoms with Crippen molar-refractivity contribution >= 4 is 23.7 Å². The highest BCUT2D eigenvalue weighted by Gasteiger charge is 2.06. The molecule has 2 rings (SSSR count). The third-order valence-corrected chi connectivity index (χ3v) is 3.16. The maximum absolute atomic E-state index is 11.8. The molecule has 0 aliphatic heterocycles. The third-order valence-electron chi connectivity index (χ3n) is 3.16. The number of carbonyl (C=O) groups is 2. The first-order chi connectivity index (χ1) is 12.1. The Morgan fingerprint density at radius 2 is 1.88 bits per heavy atom. The van der Waals surface area contributed by atoms with E-state index in [0.29, 0.717) is 11.1 Å². The van der Waals surface area contributed by atoms with E-state index in [-0.39, 0.29) is 30.5 Å². The summed E-state index contributed by atoms with van der Waals surface area (Å²) in [6, 6.07) is 14.5. The van der Waals surface area contributed by atoms with E-state index in [1.54, 1.807) is 30.3 Å². The zero-order valence-corrected chi connectivity index (χ0v) is 13.2. The van der Waals surface area contributed by atoms with E-state index in [9.17, 15) is 19.7 Å². The Labute approximate surface area is 143 Å². The van der Waals surface area contributed by atoms with Crippen LogP contribution < -0.4 is 10.7 Å². The van der Waals surface area contributed by atoms with Crippen molar-refractivity contribution < 1.29 is 14.5 Å². The Morgan fingerprint density at radius 1 is 1.12 bits per heavy atom. The van der Waals surface area contributed by atoms with Crippen LogP contribution in [0.25, 0.3) is 0 Å². The number of benzene rings is 2. The molecule has 2 aromatic rings. The lowest BCUT2D eigenvalue weighted by Gasteiger charge is -2.04. The lowest BCUT2D eigenvalue weighted by molar-refractivity contribution is -0.384. The van der Waals surface area contributed by atoms with Gasteiger partial charge < -0.3 is 5.32 Å². The van der Waals surface area contributed by atoms with Gasteiger partial charge in [0.25, 0.3) is 11.6 Å². The lowest BCUT2D eigenvalue weighted by Crippen LogP contribution is -2.28. The summed E-state index contributed by atoms with van der Waals surface area (Å²) in [5, 5.41) is 17.0. The molecule has 0 unspecified atom stereocenters. The number of nitrogens with zero attached hydrogens (tertiary/aromatic N) is 2. The molecule has 8 nitrogen and oxygen atoms in total. The Kier molecular flexibility index (Phi) is 6.35. The highest BCUT2D eigenvalue weighted by atomic mass is 16.6. The fourth-order valence-electron chi connectivity index (χ4n) is 1.93. The molecule has 0 heterocycles. The summed E-state index contributed by atoms with van der Waals surface area (Å²) in [4.78, 5) is 33.6. The number of nitrogens with one attached hydrogen (secondary N) is 2. The minimum absolute atomic E-state index is 0.0566. The molecule has 0 bridgehead atoms. The SMILES string of the molecule is O=C(CCNC(=O)c1ccccc1)N/N=C\c1cccc([N+](=O)[O-])c1. The van der Waals surface area contributed by atoms with Crippen molar-refractivity contribution in [2.24, 2.45) is 5.10 Å². The quantitative estimate of drug-likeness (QED) is 0.455. The van der Waals surface area contributed by atoms with Crippen LogP contribution in [0.15, 0.2) is 59.7 Å². The van der Waals surface area contributed by atoms with Crippen LogP contribution in [0.1, 0.15) is 22.3 Å². The summed E-state index contributed by atoms with van der Waals surface area (Å²) in [5.74, 6) is -0.636. The zero-order chi connectivity index (χ0) is 18.1. The van der Waals surface area contributed by atoms with Crippen molar-refractivity contribution in [1.29, 1.82) is 0 Å². The fourth-order valence-corrected chi connectivity index (χ4v) is 1.93. The van der Waals surface area contributed by atoms with E-state index in [4.69, 9.17) is 0 Å². The van der Waals surface area contributed by atoms with Gasteiger partial charge in [0.1, 0.15) is 0 Å². The van der Waals surface area contributed by atoms with Gasteiger partial charge in [0.2, 0.25) is 5.91 Å². The molecule has 0 radical (unpaired) electrons. The Hall–Kier alpha value is -3.55. The standard InChI is InChI=1S/C17H16N4O4/c22-16(9-10-18-17(23)14-6-2-1-3-7-14)20-19-12-13-5-4-8-15(11-13)21(24)25/h1-8,11-12H,9-10H2,(H,18,23)(H,20,22)/b19-12-. The first-order valence-electron chi connectivity index (χ1n) is 7.46. The summed E-state index contributed by atoms with van der Waals surface area (Å²) >= 11 is 0. The van der Waals surface area contributed by atoms with E-state index in [1.165, 1.54) is 24.4 Å². The summed E-state index contributed by atoms with van der Waals surface area (Å²) in [6.45, 7) is 0.173. The number of hydrogen-bond donors (Lipinski definition) is 2. The Balaban J connectivity index is 1.74. The van der Waals surface area contributed by atoms with Crippen molar-refractivity contribution in [3.63, 3.8) is 0 Å². The normalized spacial score (nSPS) is 10.4. The van der Waals surface area contributed by atoms with Crippen LogP contribution in [0.4, 0.5) is 5.69 Å². The minimum atomic E-state index is -0.509. The van der Waals surface area contributed by atoms with Gasteiger partial charge in [0.05, 0.1) is 11.1 Å². The lowest BCUT2D eigenvalue weighted by atomic mass is 10.2. The average molecular weight is 340 g/mol. The highest BCUT2D eigenvalue weighted by Crippen LogP contribution is 2.11. The van der Waals surface area contributed by atoms with E-state index in [0.717, 1.165) is 0 Å². The first-order valence-corrected chi connectivity index (χ1v) is 7.46. The van der Waals surface area contributed by atoms with Crippen LogP contribution in [0.2, 0.25) is 0 Å². The number of nitro groups is 1. The number of nitro benzene ring substituents is 1. The first kappa shape index (κ1) is 17.8. The van der Waals surface area contributed by atoms with E-state index < -0.39 is 4.92 Å². The Morgan fingerprint density at radius 3 is 2.60 bits per heavy atom. The van der Waals surface area contributed by atoms with Gasteiger partial charge in [-0.1, -0.05) is 30.3 Å². The Bertz CT molecular complexity index is 790. The second-order valence-electron chi connectivity index (χ2n) is 5.02. The molecule has 25 heavy (non-hydrogen) atoms. The predicted molar refractivity (Wildman–Crippen MR) is 92.2 cm³/mol. The second-order valence-corrected chi connectivity index (χ2v) is 5.02. The van der Waals surface area contributed by atoms with Gasteiger partial charge in [-0.3, -0.25) is 19.7 Å². The topological polar surface area (TPSA) is 114 Å².